The van der Waals surface area contributed by atoms with E-state index in [1.807, 2.05) is 13.0 Å². The number of aliphatic carboxylic acids is 1. The number of rotatable bonds is 5. The van der Waals surface area contributed by atoms with Crippen molar-refractivity contribution in [1.82, 2.24) is 0 Å². The maximum absolute atomic E-state index is 10.6. The van der Waals surface area contributed by atoms with Gasteiger partial charge in [0.25, 0.3) is 0 Å². The van der Waals surface area contributed by atoms with Crippen LogP contribution in [0.25, 0.3) is 0 Å². The smallest absolute Gasteiger partial charge is 0.331 e. The van der Waals surface area contributed by atoms with Crippen molar-refractivity contribution in [1.29, 1.82) is 0 Å². The van der Waals surface area contributed by atoms with Gasteiger partial charge in [-0.3, -0.25) is 0 Å². The molecule has 68 valence electrons. The molecule has 0 radical (unpaired) electrons. The maximum Gasteiger partial charge on any atom is 0.331 e. The first kappa shape index (κ1) is 11.0. The molecule has 0 rings (SSSR count). The summed E-state index contributed by atoms with van der Waals surface area (Å²) in [4.78, 5) is 10.6. The van der Waals surface area contributed by atoms with E-state index in [2.05, 4.69) is 6.92 Å². The number of unbranched alkanes of at least 4 members (excludes halogenated alkanes) is 1. The van der Waals surface area contributed by atoms with Crippen molar-refractivity contribution in [3.05, 3.63) is 23.8 Å². The minimum absolute atomic E-state index is 0.495. The molecule has 0 aliphatic carbocycles. The number of hydrogen-bond donors (Lipinski definition) is 1. The van der Waals surface area contributed by atoms with Crippen molar-refractivity contribution >= 4 is 5.97 Å². The average Bonchev–Trinajstić information content (AvgIpc) is 2.04. The zero-order chi connectivity index (χ0) is 9.40. The Morgan fingerprint density at radius 2 is 2.17 bits per heavy atom. The van der Waals surface area contributed by atoms with Crippen LogP contribution in [0.4, 0.5) is 0 Å². The van der Waals surface area contributed by atoms with Crippen LogP contribution >= 0.6 is 0 Å². The number of hydrogen-bond acceptors (Lipinski definition) is 1. The van der Waals surface area contributed by atoms with E-state index in [0.29, 0.717) is 12.0 Å². The monoisotopic (exact) mass is 168 g/mol. The topological polar surface area (TPSA) is 37.3 Å². The van der Waals surface area contributed by atoms with Crippen molar-refractivity contribution < 1.29 is 9.90 Å². The van der Waals surface area contributed by atoms with Gasteiger partial charge in [-0.2, -0.15) is 0 Å². The van der Waals surface area contributed by atoms with Crippen LogP contribution < -0.4 is 0 Å². The van der Waals surface area contributed by atoms with Crippen molar-refractivity contribution in [2.75, 3.05) is 0 Å². The fourth-order valence-corrected chi connectivity index (χ4v) is 0.841. The molecule has 0 atom stereocenters. The summed E-state index contributed by atoms with van der Waals surface area (Å²) in [6.45, 7) is 3.92. The van der Waals surface area contributed by atoms with Crippen LogP contribution in [-0.4, -0.2) is 11.1 Å². The number of carboxylic acid groups (broad SMARTS) is 1. The lowest BCUT2D eigenvalue weighted by molar-refractivity contribution is -0.132. The molecule has 2 heteroatoms. The molecule has 0 amide bonds. The van der Waals surface area contributed by atoms with Crippen LogP contribution in [0.5, 0.6) is 0 Å². The zero-order valence-electron chi connectivity index (χ0n) is 7.71. The summed E-state index contributed by atoms with van der Waals surface area (Å²) in [6, 6.07) is 0. The normalized spacial score (nSPS) is 12.3. The molecule has 0 aromatic rings. The first-order valence-electron chi connectivity index (χ1n) is 4.27. The maximum atomic E-state index is 10.6. The Labute approximate surface area is 73.6 Å². The van der Waals surface area contributed by atoms with Crippen LogP contribution in [0.2, 0.25) is 0 Å². The summed E-state index contributed by atoms with van der Waals surface area (Å²) in [5.41, 5.74) is 0.495. The van der Waals surface area contributed by atoms with Crippen LogP contribution in [0, 0.1) is 0 Å². The molecule has 0 saturated carbocycles. The molecule has 0 fully saturated rings. The molecular formula is C10H16O2. The lowest BCUT2D eigenvalue weighted by Crippen LogP contribution is -1.99. The second-order valence-electron chi connectivity index (χ2n) is 2.63. The molecule has 0 bridgehead atoms. The van der Waals surface area contributed by atoms with Crippen LogP contribution in [0.3, 0.4) is 0 Å². The van der Waals surface area contributed by atoms with E-state index in [1.54, 1.807) is 12.2 Å². The Bertz CT molecular complexity index is 190. The molecule has 0 unspecified atom stereocenters. The predicted octanol–water partition coefficient (Wildman–Crippen LogP) is 2.76. The fraction of sp³-hybridized carbons (Fsp3) is 0.500. The van der Waals surface area contributed by atoms with E-state index in [9.17, 15) is 4.79 Å². The number of carboxylic acids is 1. The summed E-state index contributed by atoms with van der Waals surface area (Å²) in [5.74, 6) is -0.804. The highest BCUT2D eigenvalue weighted by atomic mass is 16.4. The first-order chi connectivity index (χ1) is 5.72. The molecule has 0 spiro atoms. The fourth-order valence-electron chi connectivity index (χ4n) is 0.841. The van der Waals surface area contributed by atoms with E-state index >= 15 is 0 Å². The van der Waals surface area contributed by atoms with Crippen LogP contribution in [0.1, 0.15) is 33.1 Å². The van der Waals surface area contributed by atoms with Gasteiger partial charge in [-0.25, -0.2) is 4.79 Å². The molecule has 2 nitrogen and oxygen atoms in total. The van der Waals surface area contributed by atoms with Gasteiger partial charge in [0.15, 0.2) is 0 Å². The highest BCUT2D eigenvalue weighted by Gasteiger charge is 2.03. The Morgan fingerprint density at radius 3 is 2.58 bits per heavy atom. The van der Waals surface area contributed by atoms with Gasteiger partial charge in [-0.15, -0.1) is 0 Å². The molecule has 0 saturated heterocycles. The highest BCUT2D eigenvalue weighted by molar-refractivity contribution is 5.86. The van der Waals surface area contributed by atoms with Gasteiger partial charge in [0, 0.05) is 5.57 Å². The SMILES string of the molecule is CC=CC=C(CCCC)C(=O)O. The first-order valence-corrected chi connectivity index (χ1v) is 4.27. The minimum atomic E-state index is -0.804. The van der Waals surface area contributed by atoms with E-state index in [1.165, 1.54) is 0 Å². The van der Waals surface area contributed by atoms with E-state index < -0.39 is 5.97 Å². The Morgan fingerprint density at radius 1 is 1.50 bits per heavy atom. The van der Waals surface area contributed by atoms with Crippen molar-refractivity contribution in [3.63, 3.8) is 0 Å². The van der Waals surface area contributed by atoms with Crippen LogP contribution in [0.15, 0.2) is 23.8 Å². The second-order valence-corrected chi connectivity index (χ2v) is 2.63. The zero-order valence-corrected chi connectivity index (χ0v) is 7.71. The van der Waals surface area contributed by atoms with Crippen molar-refractivity contribution in [3.8, 4) is 0 Å². The minimum Gasteiger partial charge on any atom is -0.478 e. The molecule has 0 aliphatic heterocycles. The van der Waals surface area contributed by atoms with Crippen molar-refractivity contribution in [2.45, 2.75) is 33.1 Å². The lowest BCUT2D eigenvalue weighted by Gasteiger charge is -1.98. The average molecular weight is 168 g/mol. The standard InChI is InChI=1S/C10H16O2/c1-3-5-7-9(10(11)12)8-6-4-2/h3,5,7H,4,6,8H2,1-2H3,(H,11,12). The summed E-state index contributed by atoms with van der Waals surface area (Å²) in [7, 11) is 0. The summed E-state index contributed by atoms with van der Waals surface area (Å²) in [6.07, 6.45) is 7.89. The van der Waals surface area contributed by atoms with Gasteiger partial charge >= 0.3 is 5.97 Å². The quantitative estimate of drug-likeness (QED) is 0.506. The summed E-state index contributed by atoms with van der Waals surface area (Å²) >= 11 is 0. The number of allylic oxidation sites excluding steroid dienone is 3. The Balaban J connectivity index is 4.13. The summed E-state index contributed by atoms with van der Waals surface area (Å²) < 4.78 is 0. The van der Waals surface area contributed by atoms with E-state index in [0.717, 1.165) is 12.8 Å². The number of carbonyl (C=O) groups is 1. The second kappa shape index (κ2) is 6.65. The molecule has 0 aromatic carbocycles. The van der Waals surface area contributed by atoms with E-state index in [4.69, 9.17) is 5.11 Å². The largest absolute Gasteiger partial charge is 0.478 e. The van der Waals surface area contributed by atoms with Gasteiger partial charge in [0.2, 0.25) is 0 Å². The Hall–Kier alpha value is -1.05. The molecule has 12 heavy (non-hydrogen) atoms. The van der Waals surface area contributed by atoms with Crippen molar-refractivity contribution in [2.24, 2.45) is 0 Å². The van der Waals surface area contributed by atoms with Gasteiger partial charge in [-0.1, -0.05) is 31.6 Å². The third-order valence-electron chi connectivity index (χ3n) is 1.56. The third kappa shape index (κ3) is 4.72. The predicted molar refractivity (Wildman–Crippen MR) is 50.1 cm³/mol. The van der Waals surface area contributed by atoms with Gasteiger partial charge in [-0.05, 0) is 19.8 Å². The molecule has 0 heterocycles. The third-order valence-corrected chi connectivity index (χ3v) is 1.56. The lowest BCUT2D eigenvalue weighted by atomic mass is 10.1. The molecule has 0 aliphatic rings. The van der Waals surface area contributed by atoms with Gasteiger partial charge in [0.1, 0.15) is 0 Å². The highest BCUT2D eigenvalue weighted by Crippen LogP contribution is 2.07. The summed E-state index contributed by atoms with van der Waals surface area (Å²) in [5, 5.41) is 8.72. The van der Waals surface area contributed by atoms with E-state index in [-0.39, 0.29) is 0 Å². The van der Waals surface area contributed by atoms with Gasteiger partial charge < -0.3 is 5.11 Å². The molecule has 0 aromatic heterocycles. The van der Waals surface area contributed by atoms with Crippen LogP contribution in [-0.2, 0) is 4.79 Å². The molecule has 1 N–H and O–H groups in total. The van der Waals surface area contributed by atoms with Gasteiger partial charge in [0.05, 0.1) is 0 Å². The molecular weight excluding hydrogens is 152 g/mol. The Kier molecular flexibility index (Phi) is 6.07.